The quantitative estimate of drug-likeness (QED) is 0.667. The van der Waals surface area contributed by atoms with Gasteiger partial charge in [-0.2, -0.15) is 0 Å². The second-order valence-electron chi connectivity index (χ2n) is 5.40. The third-order valence-corrected chi connectivity index (χ3v) is 3.65. The molecule has 0 heterocycles. The van der Waals surface area contributed by atoms with Gasteiger partial charge in [0, 0.05) is 12.1 Å². The fourth-order valence-electron chi connectivity index (χ4n) is 2.37. The lowest BCUT2D eigenvalue weighted by atomic mass is 9.92. The van der Waals surface area contributed by atoms with E-state index in [0.29, 0.717) is 17.7 Å². The zero-order valence-corrected chi connectivity index (χ0v) is 12.7. The SMILES string of the molecule is COc1ccc(C)cc1C(=O)CC(C)c1ccc(N)cc1. The summed E-state index contributed by atoms with van der Waals surface area (Å²) in [6, 6.07) is 13.3. The van der Waals surface area contributed by atoms with Gasteiger partial charge in [-0.15, -0.1) is 0 Å². The van der Waals surface area contributed by atoms with Gasteiger partial charge in [0.1, 0.15) is 5.75 Å². The Morgan fingerprint density at radius 3 is 2.48 bits per heavy atom. The van der Waals surface area contributed by atoms with E-state index in [1.54, 1.807) is 7.11 Å². The summed E-state index contributed by atoms with van der Waals surface area (Å²) in [6.07, 6.45) is 0.448. The van der Waals surface area contributed by atoms with Crippen LogP contribution in [-0.2, 0) is 0 Å². The number of ether oxygens (including phenoxy) is 1. The Kier molecular flexibility index (Phi) is 4.63. The van der Waals surface area contributed by atoms with Crippen molar-refractivity contribution in [2.24, 2.45) is 0 Å². The van der Waals surface area contributed by atoms with Crippen LogP contribution in [0.25, 0.3) is 0 Å². The Bertz CT molecular complexity index is 632. The van der Waals surface area contributed by atoms with Crippen molar-refractivity contribution in [2.45, 2.75) is 26.2 Å². The summed E-state index contributed by atoms with van der Waals surface area (Å²) in [5.41, 5.74) is 9.25. The summed E-state index contributed by atoms with van der Waals surface area (Å²) in [6.45, 7) is 4.02. The summed E-state index contributed by atoms with van der Waals surface area (Å²) >= 11 is 0. The van der Waals surface area contributed by atoms with Crippen molar-refractivity contribution in [3.8, 4) is 5.75 Å². The van der Waals surface area contributed by atoms with E-state index in [1.165, 1.54) is 0 Å². The van der Waals surface area contributed by atoms with Gasteiger partial charge in [-0.1, -0.05) is 30.7 Å². The molecule has 0 saturated heterocycles. The average molecular weight is 283 g/mol. The van der Waals surface area contributed by atoms with E-state index in [2.05, 4.69) is 0 Å². The van der Waals surface area contributed by atoms with Crippen molar-refractivity contribution in [1.82, 2.24) is 0 Å². The Morgan fingerprint density at radius 1 is 1.19 bits per heavy atom. The number of benzene rings is 2. The average Bonchev–Trinajstić information content (AvgIpc) is 2.47. The standard InChI is InChI=1S/C18H21NO2/c1-12-4-9-18(21-3)16(10-12)17(20)11-13(2)14-5-7-15(19)8-6-14/h4-10,13H,11,19H2,1-3H3. The molecule has 3 heteroatoms. The molecule has 0 spiro atoms. The number of carbonyl (C=O) groups is 1. The first-order valence-electron chi connectivity index (χ1n) is 7.04. The van der Waals surface area contributed by atoms with Gasteiger partial charge in [0.15, 0.2) is 5.78 Å². The third kappa shape index (κ3) is 3.63. The Balaban J connectivity index is 2.17. The monoisotopic (exact) mass is 283 g/mol. The molecule has 0 bridgehead atoms. The molecule has 0 radical (unpaired) electrons. The minimum Gasteiger partial charge on any atom is -0.496 e. The first-order valence-corrected chi connectivity index (χ1v) is 7.04. The van der Waals surface area contributed by atoms with Gasteiger partial charge in [-0.05, 0) is 42.7 Å². The van der Waals surface area contributed by atoms with Crippen molar-refractivity contribution in [1.29, 1.82) is 0 Å². The molecule has 2 aromatic rings. The molecule has 2 aromatic carbocycles. The number of anilines is 1. The van der Waals surface area contributed by atoms with Gasteiger partial charge in [-0.25, -0.2) is 0 Å². The Labute approximate surface area is 125 Å². The first-order chi connectivity index (χ1) is 10.0. The molecule has 0 saturated carbocycles. The number of hydrogen-bond donors (Lipinski definition) is 1. The van der Waals surface area contributed by atoms with Crippen LogP contribution in [0.2, 0.25) is 0 Å². The molecule has 0 aliphatic carbocycles. The molecule has 1 unspecified atom stereocenters. The van der Waals surface area contributed by atoms with Crippen molar-refractivity contribution >= 4 is 11.5 Å². The second kappa shape index (κ2) is 6.44. The maximum absolute atomic E-state index is 12.5. The number of nitrogens with two attached hydrogens (primary N) is 1. The molecule has 0 fully saturated rings. The molecular formula is C18H21NO2. The molecule has 110 valence electrons. The van der Waals surface area contributed by atoms with Crippen LogP contribution in [0.15, 0.2) is 42.5 Å². The molecule has 2 N–H and O–H groups in total. The number of hydrogen-bond acceptors (Lipinski definition) is 3. The zero-order chi connectivity index (χ0) is 15.4. The number of carbonyl (C=O) groups excluding carboxylic acids is 1. The first kappa shape index (κ1) is 15.1. The Morgan fingerprint density at radius 2 is 1.86 bits per heavy atom. The van der Waals surface area contributed by atoms with Gasteiger partial charge >= 0.3 is 0 Å². The fourth-order valence-corrected chi connectivity index (χ4v) is 2.37. The predicted octanol–water partition coefficient (Wildman–Crippen LogP) is 3.96. The van der Waals surface area contributed by atoms with E-state index in [-0.39, 0.29) is 11.7 Å². The largest absolute Gasteiger partial charge is 0.496 e. The maximum Gasteiger partial charge on any atom is 0.167 e. The van der Waals surface area contributed by atoms with Gasteiger partial charge in [0.2, 0.25) is 0 Å². The van der Waals surface area contributed by atoms with E-state index in [1.807, 2.05) is 56.3 Å². The number of rotatable bonds is 5. The number of nitrogen functional groups attached to an aromatic ring is 1. The van der Waals surface area contributed by atoms with Gasteiger partial charge in [0.25, 0.3) is 0 Å². The summed E-state index contributed by atoms with van der Waals surface area (Å²) in [4.78, 5) is 12.5. The highest BCUT2D eigenvalue weighted by Gasteiger charge is 2.16. The molecular weight excluding hydrogens is 262 g/mol. The van der Waals surface area contributed by atoms with E-state index in [0.717, 1.165) is 16.8 Å². The Hall–Kier alpha value is -2.29. The number of Topliss-reactive ketones (excluding diaryl/α,β-unsaturated/α-hetero) is 1. The van der Waals surface area contributed by atoms with Crippen LogP contribution in [0, 0.1) is 6.92 Å². The van der Waals surface area contributed by atoms with Gasteiger partial charge in [-0.3, -0.25) is 4.79 Å². The normalized spacial score (nSPS) is 12.0. The summed E-state index contributed by atoms with van der Waals surface area (Å²) in [7, 11) is 1.59. The molecule has 0 aliphatic rings. The van der Waals surface area contributed by atoms with Crippen LogP contribution < -0.4 is 10.5 Å². The van der Waals surface area contributed by atoms with Gasteiger partial charge < -0.3 is 10.5 Å². The van der Waals surface area contributed by atoms with Crippen molar-refractivity contribution in [3.63, 3.8) is 0 Å². The lowest BCUT2D eigenvalue weighted by molar-refractivity contribution is 0.0972. The molecule has 3 nitrogen and oxygen atoms in total. The highest BCUT2D eigenvalue weighted by atomic mass is 16.5. The summed E-state index contributed by atoms with van der Waals surface area (Å²) < 4.78 is 5.29. The van der Waals surface area contributed by atoms with Crippen LogP contribution in [-0.4, -0.2) is 12.9 Å². The lowest BCUT2D eigenvalue weighted by Gasteiger charge is -2.13. The molecule has 2 rings (SSSR count). The van der Waals surface area contributed by atoms with E-state index < -0.39 is 0 Å². The minimum atomic E-state index is 0.0971. The van der Waals surface area contributed by atoms with Crippen LogP contribution in [0.3, 0.4) is 0 Å². The van der Waals surface area contributed by atoms with Crippen molar-refractivity contribution < 1.29 is 9.53 Å². The van der Waals surface area contributed by atoms with Crippen LogP contribution >= 0.6 is 0 Å². The van der Waals surface area contributed by atoms with Crippen LogP contribution in [0.4, 0.5) is 5.69 Å². The highest BCUT2D eigenvalue weighted by Crippen LogP contribution is 2.26. The third-order valence-electron chi connectivity index (χ3n) is 3.65. The maximum atomic E-state index is 12.5. The lowest BCUT2D eigenvalue weighted by Crippen LogP contribution is -2.07. The number of methoxy groups -OCH3 is 1. The molecule has 0 aliphatic heterocycles. The second-order valence-corrected chi connectivity index (χ2v) is 5.40. The van der Waals surface area contributed by atoms with E-state index >= 15 is 0 Å². The molecule has 1 atom stereocenters. The minimum absolute atomic E-state index is 0.0971. The van der Waals surface area contributed by atoms with E-state index in [9.17, 15) is 4.79 Å². The van der Waals surface area contributed by atoms with Crippen LogP contribution in [0.1, 0.15) is 40.7 Å². The zero-order valence-electron chi connectivity index (χ0n) is 12.7. The van der Waals surface area contributed by atoms with Crippen LogP contribution in [0.5, 0.6) is 5.75 Å². The van der Waals surface area contributed by atoms with Crippen molar-refractivity contribution in [3.05, 3.63) is 59.2 Å². The molecule has 21 heavy (non-hydrogen) atoms. The van der Waals surface area contributed by atoms with E-state index in [4.69, 9.17) is 10.5 Å². The van der Waals surface area contributed by atoms with Gasteiger partial charge in [0.05, 0.1) is 12.7 Å². The fraction of sp³-hybridized carbons (Fsp3) is 0.278. The highest BCUT2D eigenvalue weighted by molar-refractivity contribution is 5.99. The number of ketones is 1. The van der Waals surface area contributed by atoms with Crippen molar-refractivity contribution in [2.75, 3.05) is 12.8 Å². The topological polar surface area (TPSA) is 52.3 Å². The predicted molar refractivity (Wildman–Crippen MR) is 85.9 cm³/mol. The smallest absolute Gasteiger partial charge is 0.167 e. The summed E-state index contributed by atoms with van der Waals surface area (Å²) in [5, 5.41) is 0. The molecule has 0 aromatic heterocycles. The summed E-state index contributed by atoms with van der Waals surface area (Å²) in [5.74, 6) is 0.873. The molecule has 0 amide bonds. The number of aryl methyl sites for hydroxylation is 1.